The monoisotopic (exact) mass is 624 g/mol. The molecule has 2 amide bonds. The summed E-state index contributed by atoms with van der Waals surface area (Å²) < 4.78 is 26.5. The lowest BCUT2D eigenvalue weighted by Gasteiger charge is -2.30. The van der Waals surface area contributed by atoms with Gasteiger partial charge in [-0.15, -0.1) is 0 Å². The number of amides is 2. The number of carbonyl (C=O) groups excluding carboxylic acids is 2. The Bertz CT molecular complexity index is 1550. The molecule has 234 valence electrons. The zero-order valence-electron chi connectivity index (χ0n) is 24.6. The molecule has 0 radical (unpaired) electrons. The van der Waals surface area contributed by atoms with Gasteiger partial charge >= 0.3 is 5.97 Å². The van der Waals surface area contributed by atoms with Gasteiger partial charge in [0, 0.05) is 12.1 Å². The molecule has 2 saturated heterocycles. The number of carboxylic acid groups (broad SMARTS) is 1. The standard InChI is InChI=1S/C32H37FN4O6S/c1-42-22-12-13-24-27(16-22)44-31(35-24)43-23-15-26-28(38)36-32(30(40)41)17-19(32)8-5-3-2-4-6-11-25(29(39)37(26)18-23)34-21-10-7-9-20(33)14-21/h7,9-10,12-14,16,19,23,25-26,34H,2-6,8,11,15,17-18H2,1H3,(H,36,38)(H,40,41)/t19-,23-,25+,26+,32-/m1/s1. The van der Waals surface area contributed by atoms with Gasteiger partial charge in [0.15, 0.2) is 0 Å². The summed E-state index contributed by atoms with van der Waals surface area (Å²) in [5.41, 5.74) is -0.0872. The van der Waals surface area contributed by atoms with Crippen LogP contribution in [0.2, 0.25) is 0 Å². The van der Waals surface area contributed by atoms with E-state index in [4.69, 9.17) is 9.47 Å². The highest BCUT2D eigenvalue weighted by atomic mass is 32.1. The molecule has 12 heteroatoms. The first kappa shape index (κ1) is 30.1. The number of benzene rings is 2. The van der Waals surface area contributed by atoms with E-state index in [0.717, 1.165) is 48.7 Å². The van der Waals surface area contributed by atoms with Crippen LogP contribution in [0.25, 0.3) is 10.2 Å². The Kier molecular flexibility index (Phi) is 8.61. The topological polar surface area (TPSA) is 130 Å². The number of carboxylic acids is 1. The van der Waals surface area contributed by atoms with E-state index >= 15 is 0 Å². The Balaban J connectivity index is 1.28. The number of aromatic nitrogens is 1. The van der Waals surface area contributed by atoms with Crippen LogP contribution >= 0.6 is 11.3 Å². The number of fused-ring (bicyclic) bond motifs is 3. The second-order valence-corrected chi connectivity index (χ2v) is 13.0. The molecule has 0 spiro atoms. The summed E-state index contributed by atoms with van der Waals surface area (Å²) in [7, 11) is 1.59. The number of hydrogen-bond acceptors (Lipinski definition) is 8. The lowest BCUT2D eigenvalue weighted by Crippen LogP contribution is -2.55. The van der Waals surface area contributed by atoms with Gasteiger partial charge in [0.05, 0.1) is 23.9 Å². The lowest BCUT2D eigenvalue weighted by atomic mass is 10.0. The van der Waals surface area contributed by atoms with E-state index < -0.39 is 41.4 Å². The summed E-state index contributed by atoms with van der Waals surface area (Å²) in [6, 6.07) is 9.87. The first-order valence-electron chi connectivity index (χ1n) is 15.2. The van der Waals surface area contributed by atoms with Crippen molar-refractivity contribution in [1.82, 2.24) is 15.2 Å². The maximum atomic E-state index is 14.2. The van der Waals surface area contributed by atoms with Crippen LogP contribution in [0.1, 0.15) is 57.8 Å². The molecule has 3 N–H and O–H groups in total. The molecule has 2 aliphatic heterocycles. The molecule has 10 nitrogen and oxygen atoms in total. The van der Waals surface area contributed by atoms with Gasteiger partial charge < -0.3 is 30.1 Å². The number of carbonyl (C=O) groups is 3. The van der Waals surface area contributed by atoms with E-state index in [9.17, 15) is 23.9 Å². The third-order valence-electron chi connectivity index (χ3n) is 9.03. The Morgan fingerprint density at radius 1 is 1.14 bits per heavy atom. The van der Waals surface area contributed by atoms with Gasteiger partial charge in [-0.3, -0.25) is 9.59 Å². The lowest BCUT2D eigenvalue weighted by molar-refractivity contribution is -0.145. The van der Waals surface area contributed by atoms with Crippen LogP contribution in [0.3, 0.4) is 0 Å². The van der Waals surface area contributed by atoms with Crippen LogP contribution in [0.15, 0.2) is 42.5 Å². The normalized spacial score (nSPS) is 27.8. The predicted molar refractivity (Wildman–Crippen MR) is 163 cm³/mol. The van der Waals surface area contributed by atoms with Crippen molar-refractivity contribution in [3.05, 3.63) is 48.3 Å². The van der Waals surface area contributed by atoms with Gasteiger partial charge in [0.25, 0.3) is 5.19 Å². The average Bonchev–Trinajstić information content (AvgIpc) is 3.31. The molecule has 3 fully saturated rings. The van der Waals surface area contributed by atoms with E-state index in [2.05, 4.69) is 15.6 Å². The van der Waals surface area contributed by atoms with Gasteiger partial charge in [0.2, 0.25) is 11.8 Å². The fourth-order valence-electron chi connectivity index (χ4n) is 6.54. The number of hydrogen-bond donors (Lipinski definition) is 3. The van der Waals surface area contributed by atoms with Gasteiger partial charge in [0.1, 0.15) is 35.3 Å². The molecule has 2 aromatic carbocycles. The van der Waals surface area contributed by atoms with Crippen molar-refractivity contribution < 1.29 is 33.4 Å². The molecule has 6 rings (SSSR count). The second kappa shape index (κ2) is 12.6. The first-order valence-corrected chi connectivity index (χ1v) is 16.1. The molecule has 0 unspecified atom stereocenters. The van der Waals surface area contributed by atoms with E-state index in [-0.39, 0.29) is 24.8 Å². The number of anilines is 1. The Labute approximate surface area is 258 Å². The first-order chi connectivity index (χ1) is 21.3. The number of thiazole rings is 1. The zero-order valence-corrected chi connectivity index (χ0v) is 25.4. The fourth-order valence-corrected chi connectivity index (χ4v) is 7.44. The molecule has 5 atom stereocenters. The zero-order chi connectivity index (χ0) is 30.8. The van der Waals surface area contributed by atoms with E-state index in [1.807, 2.05) is 18.2 Å². The minimum atomic E-state index is -1.31. The highest BCUT2D eigenvalue weighted by Gasteiger charge is 2.62. The summed E-state index contributed by atoms with van der Waals surface area (Å²) in [6.07, 6.45) is 5.78. The Morgan fingerprint density at radius 2 is 1.93 bits per heavy atom. The number of nitrogens with zero attached hydrogens (tertiary/aromatic N) is 2. The predicted octanol–water partition coefficient (Wildman–Crippen LogP) is 4.98. The minimum Gasteiger partial charge on any atom is -0.497 e. The highest BCUT2D eigenvalue weighted by Crippen LogP contribution is 2.47. The number of halogens is 1. The molecule has 44 heavy (non-hydrogen) atoms. The highest BCUT2D eigenvalue weighted by molar-refractivity contribution is 7.20. The molecule has 3 aliphatic rings. The molecule has 1 aromatic heterocycles. The van der Waals surface area contributed by atoms with Crippen molar-refractivity contribution in [2.45, 2.75) is 81.5 Å². The van der Waals surface area contributed by atoms with Crippen LogP contribution in [0.4, 0.5) is 10.1 Å². The third-order valence-corrected chi connectivity index (χ3v) is 9.94. The van der Waals surface area contributed by atoms with E-state index in [1.54, 1.807) is 19.2 Å². The number of rotatable bonds is 6. The third kappa shape index (κ3) is 6.31. The number of aliphatic carboxylic acids is 1. The largest absolute Gasteiger partial charge is 0.497 e. The quantitative estimate of drug-likeness (QED) is 0.350. The van der Waals surface area contributed by atoms with Crippen LogP contribution < -0.4 is 20.1 Å². The minimum absolute atomic E-state index is 0.126. The van der Waals surface area contributed by atoms with E-state index in [0.29, 0.717) is 29.5 Å². The van der Waals surface area contributed by atoms with Crippen molar-refractivity contribution in [1.29, 1.82) is 0 Å². The molecular formula is C32H37FN4O6S. The Morgan fingerprint density at radius 3 is 2.70 bits per heavy atom. The van der Waals surface area contributed by atoms with Gasteiger partial charge in [-0.2, -0.15) is 0 Å². The molecular weight excluding hydrogens is 587 g/mol. The maximum absolute atomic E-state index is 14.2. The van der Waals surface area contributed by atoms with Crippen molar-refractivity contribution in [2.75, 3.05) is 19.0 Å². The van der Waals surface area contributed by atoms with Gasteiger partial charge in [-0.1, -0.05) is 49.5 Å². The number of ether oxygens (including phenoxy) is 2. The van der Waals surface area contributed by atoms with E-state index in [1.165, 1.54) is 28.4 Å². The summed E-state index contributed by atoms with van der Waals surface area (Å²) in [6.45, 7) is 0.126. The van der Waals surface area contributed by atoms with Crippen molar-refractivity contribution in [3.63, 3.8) is 0 Å². The van der Waals surface area contributed by atoms with Crippen molar-refractivity contribution in [2.24, 2.45) is 5.92 Å². The fraction of sp³-hybridized carbons (Fsp3) is 0.500. The summed E-state index contributed by atoms with van der Waals surface area (Å²) in [4.78, 5) is 46.5. The van der Waals surface area contributed by atoms with Crippen LogP contribution in [-0.4, -0.2) is 70.2 Å². The molecule has 0 bridgehead atoms. The smallest absolute Gasteiger partial charge is 0.329 e. The second-order valence-electron chi connectivity index (χ2n) is 12.0. The molecule has 1 aliphatic carbocycles. The SMILES string of the molecule is COc1ccc2nc(O[C@@H]3C[C@H]4C(=O)N[C@]5(C(=O)O)C[C@H]5CCCCCCC[C@H](Nc5cccc(F)c5)C(=O)N4C3)sc2c1. The molecule has 3 aromatic rings. The summed E-state index contributed by atoms with van der Waals surface area (Å²) in [5.74, 6) is -1.70. The number of nitrogens with one attached hydrogen (secondary N) is 2. The molecule has 3 heterocycles. The average molecular weight is 625 g/mol. The van der Waals surface area contributed by atoms with Gasteiger partial charge in [-0.25, -0.2) is 14.2 Å². The summed E-state index contributed by atoms with van der Waals surface area (Å²) >= 11 is 1.35. The van der Waals surface area contributed by atoms with Crippen LogP contribution in [0.5, 0.6) is 10.9 Å². The van der Waals surface area contributed by atoms with Crippen LogP contribution in [0, 0.1) is 11.7 Å². The van der Waals surface area contributed by atoms with Crippen LogP contribution in [-0.2, 0) is 14.4 Å². The Hall–Kier alpha value is -3.93. The number of methoxy groups -OCH3 is 1. The maximum Gasteiger partial charge on any atom is 0.329 e. The summed E-state index contributed by atoms with van der Waals surface area (Å²) in [5, 5.41) is 16.6. The molecule has 1 saturated carbocycles. The van der Waals surface area contributed by atoms with Crippen molar-refractivity contribution >= 4 is 45.0 Å². The van der Waals surface area contributed by atoms with Crippen molar-refractivity contribution in [3.8, 4) is 10.9 Å². The van der Waals surface area contributed by atoms with Gasteiger partial charge in [-0.05, 0) is 61.6 Å².